The third-order valence-corrected chi connectivity index (χ3v) is 5.64. The Hall–Kier alpha value is -3.62. The van der Waals surface area contributed by atoms with Crippen LogP contribution < -0.4 is 10.9 Å². The first-order valence-electron chi connectivity index (χ1n) is 10.1. The number of hydrogen-bond acceptors (Lipinski definition) is 6. The molecule has 0 fully saturated rings. The Bertz CT molecular complexity index is 1300. The Morgan fingerprint density at radius 3 is 2.28 bits per heavy atom. The molecule has 1 amide bonds. The lowest BCUT2D eigenvalue weighted by Gasteiger charge is -2.15. The van der Waals surface area contributed by atoms with E-state index < -0.39 is 11.5 Å². The highest BCUT2D eigenvalue weighted by Crippen LogP contribution is 2.32. The minimum absolute atomic E-state index is 0.0388. The minimum Gasteiger partial charge on any atom is -0.304 e. The second kappa shape index (κ2) is 9.25. The number of rotatable bonds is 6. The van der Waals surface area contributed by atoms with Gasteiger partial charge in [-0.3, -0.25) is 14.9 Å². The molecule has 0 spiro atoms. The molecule has 7 nitrogen and oxygen atoms in total. The van der Waals surface area contributed by atoms with Crippen molar-refractivity contribution in [1.29, 1.82) is 0 Å². The number of amides is 1. The lowest BCUT2D eigenvalue weighted by Crippen LogP contribution is -2.31. The molecule has 0 aliphatic carbocycles. The number of hydrogen-bond donors (Lipinski definition) is 1. The molecule has 0 aliphatic rings. The number of benzene rings is 2. The van der Waals surface area contributed by atoms with Crippen molar-refractivity contribution in [2.24, 2.45) is 7.05 Å². The molecule has 0 saturated carbocycles. The van der Waals surface area contributed by atoms with E-state index in [9.17, 15) is 9.59 Å². The summed E-state index contributed by atoms with van der Waals surface area (Å²) in [4.78, 5) is 33.0. The first-order chi connectivity index (χ1) is 15.4. The largest absolute Gasteiger partial charge is 0.304 e. The van der Waals surface area contributed by atoms with Crippen molar-refractivity contribution < 1.29 is 4.79 Å². The van der Waals surface area contributed by atoms with E-state index in [0.29, 0.717) is 22.9 Å². The van der Waals surface area contributed by atoms with Crippen LogP contribution in [0.4, 0.5) is 5.13 Å². The minimum atomic E-state index is -0.505. The summed E-state index contributed by atoms with van der Waals surface area (Å²) in [5.41, 5.74) is 3.06. The first kappa shape index (κ1) is 21.6. The monoisotopic (exact) mass is 445 g/mol. The summed E-state index contributed by atoms with van der Waals surface area (Å²) < 4.78 is 1.21. The van der Waals surface area contributed by atoms with Gasteiger partial charge in [-0.05, 0) is 19.7 Å². The van der Waals surface area contributed by atoms with Crippen molar-refractivity contribution in [2.75, 3.05) is 19.4 Å². The smallest absolute Gasteiger partial charge is 0.280 e. The van der Waals surface area contributed by atoms with Crippen molar-refractivity contribution >= 4 is 22.4 Å². The van der Waals surface area contributed by atoms with Crippen LogP contribution in [0.15, 0.2) is 70.8 Å². The molecule has 0 unspecified atom stereocenters. The van der Waals surface area contributed by atoms with E-state index in [2.05, 4.69) is 15.4 Å². The maximum Gasteiger partial charge on any atom is 0.280 e. The lowest BCUT2D eigenvalue weighted by atomic mass is 9.95. The third kappa shape index (κ3) is 4.51. The standard InChI is InChI=1S/C24H23N5O2S/c1-28(2)14-18-15-32-24(25-18)26-22(30)20-19(16-10-6-4-7-11-16)21(27-29(3)23(20)31)17-12-8-5-9-13-17/h4-13,15H,14H2,1-3H3,(H,25,26,30). The summed E-state index contributed by atoms with van der Waals surface area (Å²) in [5.74, 6) is -0.505. The molecule has 4 aromatic rings. The Morgan fingerprint density at radius 2 is 1.66 bits per heavy atom. The van der Waals surface area contributed by atoms with E-state index >= 15 is 0 Å². The van der Waals surface area contributed by atoms with Gasteiger partial charge < -0.3 is 4.90 Å². The van der Waals surface area contributed by atoms with Crippen LogP contribution in [-0.4, -0.2) is 39.7 Å². The fraction of sp³-hybridized carbons (Fsp3) is 0.167. The average molecular weight is 446 g/mol. The quantitative estimate of drug-likeness (QED) is 0.487. The van der Waals surface area contributed by atoms with Gasteiger partial charge in [0, 0.05) is 30.1 Å². The highest BCUT2D eigenvalue weighted by atomic mass is 32.1. The Balaban J connectivity index is 1.85. The van der Waals surface area contributed by atoms with Crippen molar-refractivity contribution in [3.05, 3.63) is 87.7 Å². The van der Waals surface area contributed by atoms with Crippen LogP contribution in [0, 0.1) is 0 Å². The van der Waals surface area contributed by atoms with Gasteiger partial charge in [0.05, 0.1) is 11.4 Å². The zero-order valence-electron chi connectivity index (χ0n) is 18.1. The summed E-state index contributed by atoms with van der Waals surface area (Å²) in [6, 6.07) is 18.9. The molecule has 2 aromatic carbocycles. The van der Waals surface area contributed by atoms with Gasteiger partial charge >= 0.3 is 0 Å². The van der Waals surface area contributed by atoms with Crippen LogP contribution in [0.25, 0.3) is 22.4 Å². The van der Waals surface area contributed by atoms with Gasteiger partial charge in [0.25, 0.3) is 11.5 Å². The fourth-order valence-electron chi connectivity index (χ4n) is 3.45. The molecule has 4 rings (SSSR count). The molecule has 0 bridgehead atoms. The van der Waals surface area contributed by atoms with Crippen LogP contribution >= 0.6 is 11.3 Å². The van der Waals surface area contributed by atoms with Crippen molar-refractivity contribution in [2.45, 2.75) is 6.54 Å². The van der Waals surface area contributed by atoms with Gasteiger partial charge in [-0.1, -0.05) is 60.7 Å². The summed E-state index contributed by atoms with van der Waals surface area (Å²) >= 11 is 1.33. The predicted molar refractivity (Wildman–Crippen MR) is 128 cm³/mol. The SMILES string of the molecule is CN(C)Cc1csc(NC(=O)c2c(-c3ccccc3)c(-c3ccccc3)nn(C)c2=O)n1. The van der Waals surface area contributed by atoms with Crippen LogP contribution in [0.3, 0.4) is 0 Å². The van der Waals surface area contributed by atoms with Crippen LogP contribution in [0.2, 0.25) is 0 Å². The maximum absolute atomic E-state index is 13.4. The van der Waals surface area contributed by atoms with Crippen LogP contribution in [-0.2, 0) is 13.6 Å². The number of thiazole rings is 1. The Morgan fingerprint density at radius 1 is 1.03 bits per heavy atom. The van der Waals surface area contributed by atoms with Gasteiger partial charge in [0.1, 0.15) is 5.56 Å². The molecular weight excluding hydrogens is 422 g/mol. The maximum atomic E-state index is 13.4. The number of nitrogens with one attached hydrogen (secondary N) is 1. The normalized spacial score (nSPS) is 11.0. The number of carbonyl (C=O) groups is 1. The molecule has 0 saturated heterocycles. The van der Waals surface area contributed by atoms with E-state index in [1.807, 2.05) is 85.0 Å². The topological polar surface area (TPSA) is 80.1 Å². The first-order valence-corrected chi connectivity index (χ1v) is 10.9. The van der Waals surface area contributed by atoms with Crippen molar-refractivity contribution in [3.8, 4) is 22.4 Å². The van der Waals surface area contributed by atoms with E-state index in [4.69, 9.17) is 0 Å². The van der Waals surface area contributed by atoms with Gasteiger partial charge in [-0.15, -0.1) is 11.3 Å². The predicted octanol–water partition coefficient (Wildman–Crippen LogP) is 3.88. The molecule has 2 aromatic heterocycles. The molecule has 32 heavy (non-hydrogen) atoms. The van der Waals surface area contributed by atoms with Gasteiger partial charge in [-0.25, -0.2) is 9.67 Å². The highest BCUT2D eigenvalue weighted by molar-refractivity contribution is 7.14. The molecule has 1 N–H and O–H groups in total. The summed E-state index contributed by atoms with van der Waals surface area (Å²) in [6.07, 6.45) is 0. The molecule has 0 atom stereocenters. The molecule has 0 aliphatic heterocycles. The van der Waals surface area contributed by atoms with E-state index in [-0.39, 0.29) is 5.56 Å². The molecule has 162 valence electrons. The summed E-state index contributed by atoms with van der Waals surface area (Å²) in [7, 11) is 5.46. The van der Waals surface area contributed by atoms with Crippen LogP contribution in [0.5, 0.6) is 0 Å². The number of aromatic nitrogens is 3. The Labute approximate surface area is 190 Å². The molecule has 0 radical (unpaired) electrons. The van der Waals surface area contributed by atoms with Crippen molar-refractivity contribution in [1.82, 2.24) is 19.7 Å². The molecule has 2 heterocycles. The van der Waals surface area contributed by atoms with E-state index in [1.54, 1.807) is 7.05 Å². The van der Waals surface area contributed by atoms with Crippen LogP contribution in [0.1, 0.15) is 16.1 Å². The zero-order chi connectivity index (χ0) is 22.7. The Kier molecular flexibility index (Phi) is 6.25. The second-order valence-corrected chi connectivity index (χ2v) is 8.45. The average Bonchev–Trinajstić information content (AvgIpc) is 3.22. The van der Waals surface area contributed by atoms with E-state index in [0.717, 1.165) is 16.8 Å². The lowest BCUT2D eigenvalue weighted by molar-refractivity contribution is 0.102. The summed E-state index contributed by atoms with van der Waals surface area (Å²) in [5, 5.41) is 9.68. The third-order valence-electron chi connectivity index (χ3n) is 4.83. The summed E-state index contributed by atoms with van der Waals surface area (Å²) in [6.45, 7) is 0.664. The number of aryl methyl sites for hydroxylation is 1. The highest BCUT2D eigenvalue weighted by Gasteiger charge is 2.25. The number of carbonyl (C=O) groups excluding carboxylic acids is 1. The fourth-order valence-corrected chi connectivity index (χ4v) is 4.14. The molecule has 8 heteroatoms. The van der Waals surface area contributed by atoms with Gasteiger partial charge in [-0.2, -0.15) is 5.10 Å². The number of nitrogens with zero attached hydrogens (tertiary/aromatic N) is 4. The number of anilines is 1. The van der Waals surface area contributed by atoms with Crippen molar-refractivity contribution in [3.63, 3.8) is 0 Å². The van der Waals surface area contributed by atoms with Gasteiger partial charge in [0.15, 0.2) is 5.13 Å². The second-order valence-electron chi connectivity index (χ2n) is 7.60. The van der Waals surface area contributed by atoms with E-state index in [1.165, 1.54) is 16.0 Å². The molecular formula is C24H23N5O2S. The van der Waals surface area contributed by atoms with Gasteiger partial charge in [0.2, 0.25) is 0 Å². The zero-order valence-corrected chi connectivity index (χ0v) is 18.9.